The average molecular weight is 248 g/mol. The largest absolute Gasteiger partial charge is 0.494 e. The van der Waals surface area contributed by atoms with Crippen molar-refractivity contribution in [2.45, 2.75) is 13.5 Å². The Morgan fingerprint density at radius 3 is 2.83 bits per heavy atom. The van der Waals surface area contributed by atoms with E-state index < -0.39 is 5.82 Å². The van der Waals surface area contributed by atoms with Crippen molar-refractivity contribution >= 4 is 6.29 Å². The fraction of sp³-hybridized carbons (Fsp3) is 0.231. The minimum absolute atomic E-state index is 0.168. The molecule has 4 nitrogen and oxygen atoms in total. The molecule has 0 bridgehead atoms. The van der Waals surface area contributed by atoms with Gasteiger partial charge in [-0.15, -0.1) is 0 Å². The second-order valence-electron chi connectivity index (χ2n) is 3.76. The number of aldehydes is 1. The summed E-state index contributed by atoms with van der Waals surface area (Å²) in [6.07, 6.45) is 2.36. The maximum absolute atomic E-state index is 13.6. The predicted octanol–water partition coefficient (Wildman–Crippen LogP) is 2.53. The van der Waals surface area contributed by atoms with E-state index in [9.17, 15) is 9.18 Å². The number of nitrogens with zero attached hydrogens (tertiary/aromatic N) is 2. The molecule has 0 unspecified atom stereocenters. The fourth-order valence-electron chi connectivity index (χ4n) is 1.72. The van der Waals surface area contributed by atoms with Gasteiger partial charge in [0.25, 0.3) is 0 Å². The maximum atomic E-state index is 13.6. The highest BCUT2D eigenvalue weighted by molar-refractivity contribution is 5.85. The SMILES string of the molecule is CCn1cc(C=O)c(-c2ccc(OC)c(F)c2)n1. The quantitative estimate of drug-likeness (QED) is 0.781. The molecule has 1 aromatic heterocycles. The molecule has 0 fully saturated rings. The third-order valence-corrected chi connectivity index (χ3v) is 2.67. The number of carbonyl (C=O) groups is 1. The van der Waals surface area contributed by atoms with Gasteiger partial charge in [-0.3, -0.25) is 9.48 Å². The van der Waals surface area contributed by atoms with E-state index in [1.165, 1.54) is 19.2 Å². The molecule has 0 aliphatic carbocycles. The van der Waals surface area contributed by atoms with Crippen LogP contribution in [0.25, 0.3) is 11.3 Å². The van der Waals surface area contributed by atoms with Crippen molar-refractivity contribution < 1.29 is 13.9 Å². The summed E-state index contributed by atoms with van der Waals surface area (Å²) in [6, 6.07) is 4.51. The second-order valence-corrected chi connectivity index (χ2v) is 3.76. The van der Waals surface area contributed by atoms with Crippen LogP contribution < -0.4 is 4.74 Å². The molecular weight excluding hydrogens is 235 g/mol. The zero-order valence-corrected chi connectivity index (χ0v) is 10.2. The Labute approximate surface area is 104 Å². The minimum atomic E-state index is -0.474. The Bertz CT molecular complexity index is 578. The molecule has 5 heteroatoms. The summed E-state index contributed by atoms with van der Waals surface area (Å²) in [5, 5.41) is 4.24. The number of hydrogen-bond donors (Lipinski definition) is 0. The normalized spacial score (nSPS) is 10.4. The second kappa shape index (κ2) is 5.00. The van der Waals surface area contributed by atoms with E-state index in [-0.39, 0.29) is 5.75 Å². The van der Waals surface area contributed by atoms with Crippen LogP contribution in [0.3, 0.4) is 0 Å². The van der Waals surface area contributed by atoms with E-state index in [0.29, 0.717) is 23.4 Å². The van der Waals surface area contributed by atoms with Gasteiger partial charge in [-0.05, 0) is 25.1 Å². The van der Waals surface area contributed by atoms with Crippen molar-refractivity contribution in [1.29, 1.82) is 0 Å². The van der Waals surface area contributed by atoms with Gasteiger partial charge in [-0.25, -0.2) is 4.39 Å². The van der Waals surface area contributed by atoms with Gasteiger partial charge in [0.15, 0.2) is 17.9 Å². The summed E-state index contributed by atoms with van der Waals surface area (Å²) in [7, 11) is 1.40. The fourth-order valence-corrected chi connectivity index (χ4v) is 1.72. The highest BCUT2D eigenvalue weighted by atomic mass is 19.1. The number of aromatic nitrogens is 2. The van der Waals surface area contributed by atoms with Crippen molar-refractivity contribution in [3.63, 3.8) is 0 Å². The molecular formula is C13H13FN2O2. The first kappa shape index (κ1) is 12.3. The van der Waals surface area contributed by atoms with Crippen molar-refractivity contribution in [2.24, 2.45) is 0 Å². The summed E-state index contributed by atoms with van der Waals surface area (Å²) in [5.74, 6) is -0.306. The number of aryl methyl sites for hydroxylation is 1. The number of carbonyl (C=O) groups excluding carboxylic acids is 1. The smallest absolute Gasteiger partial charge is 0.165 e. The van der Waals surface area contributed by atoms with Crippen LogP contribution in [0.4, 0.5) is 4.39 Å². The molecule has 0 saturated carbocycles. The molecule has 0 atom stereocenters. The molecule has 0 N–H and O–H groups in total. The Kier molecular flexibility index (Phi) is 3.41. The van der Waals surface area contributed by atoms with Crippen molar-refractivity contribution in [2.75, 3.05) is 7.11 Å². The van der Waals surface area contributed by atoms with Gasteiger partial charge in [-0.2, -0.15) is 5.10 Å². The Hall–Kier alpha value is -2.17. The van der Waals surface area contributed by atoms with Crippen LogP contribution in [0.15, 0.2) is 24.4 Å². The van der Waals surface area contributed by atoms with Gasteiger partial charge in [0, 0.05) is 18.3 Å². The monoisotopic (exact) mass is 248 g/mol. The van der Waals surface area contributed by atoms with E-state index in [0.717, 1.165) is 6.29 Å². The van der Waals surface area contributed by atoms with Crippen LogP contribution in [0.5, 0.6) is 5.75 Å². The zero-order valence-electron chi connectivity index (χ0n) is 10.2. The Balaban J connectivity index is 2.50. The van der Waals surface area contributed by atoms with Gasteiger partial charge >= 0.3 is 0 Å². The first-order valence-electron chi connectivity index (χ1n) is 5.56. The van der Waals surface area contributed by atoms with Crippen molar-refractivity contribution in [3.05, 3.63) is 35.8 Å². The van der Waals surface area contributed by atoms with Crippen LogP contribution in [-0.2, 0) is 6.54 Å². The minimum Gasteiger partial charge on any atom is -0.494 e. The zero-order chi connectivity index (χ0) is 13.1. The lowest BCUT2D eigenvalue weighted by atomic mass is 10.1. The van der Waals surface area contributed by atoms with E-state index in [4.69, 9.17) is 4.74 Å². The van der Waals surface area contributed by atoms with Gasteiger partial charge in [0.1, 0.15) is 5.69 Å². The van der Waals surface area contributed by atoms with Crippen LogP contribution in [0.2, 0.25) is 0 Å². The summed E-state index contributed by atoms with van der Waals surface area (Å²) < 4.78 is 20.1. The number of ether oxygens (including phenoxy) is 1. The van der Waals surface area contributed by atoms with E-state index >= 15 is 0 Å². The van der Waals surface area contributed by atoms with E-state index in [1.54, 1.807) is 16.9 Å². The van der Waals surface area contributed by atoms with Gasteiger partial charge in [0.05, 0.1) is 12.7 Å². The molecule has 0 radical (unpaired) electrons. The molecule has 0 aliphatic heterocycles. The highest BCUT2D eigenvalue weighted by Crippen LogP contribution is 2.26. The average Bonchev–Trinajstić information content (AvgIpc) is 2.82. The Morgan fingerprint density at radius 2 is 2.28 bits per heavy atom. The third-order valence-electron chi connectivity index (χ3n) is 2.67. The number of rotatable bonds is 4. The third kappa shape index (κ3) is 2.11. The molecule has 1 aromatic carbocycles. The first-order valence-corrected chi connectivity index (χ1v) is 5.56. The molecule has 1 heterocycles. The summed E-state index contributed by atoms with van der Waals surface area (Å²) in [4.78, 5) is 11.0. The van der Waals surface area contributed by atoms with Gasteiger partial charge in [-0.1, -0.05) is 0 Å². The van der Waals surface area contributed by atoms with E-state index in [2.05, 4.69) is 5.10 Å². The number of methoxy groups -OCH3 is 1. The molecule has 2 aromatic rings. The lowest BCUT2D eigenvalue weighted by Gasteiger charge is -2.03. The maximum Gasteiger partial charge on any atom is 0.165 e. The topological polar surface area (TPSA) is 44.1 Å². The van der Waals surface area contributed by atoms with Crippen molar-refractivity contribution in [3.8, 4) is 17.0 Å². The molecule has 0 amide bonds. The van der Waals surface area contributed by atoms with E-state index in [1.807, 2.05) is 6.92 Å². The lowest BCUT2D eigenvalue weighted by Crippen LogP contribution is -1.94. The summed E-state index contributed by atoms with van der Waals surface area (Å²) in [5.41, 5.74) is 1.48. The summed E-state index contributed by atoms with van der Waals surface area (Å²) in [6.45, 7) is 2.57. The van der Waals surface area contributed by atoms with Crippen molar-refractivity contribution in [1.82, 2.24) is 9.78 Å². The lowest BCUT2D eigenvalue weighted by molar-refractivity contribution is 0.112. The van der Waals surface area contributed by atoms with Gasteiger partial charge in [0.2, 0.25) is 0 Å². The van der Waals surface area contributed by atoms with Crippen LogP contribution >= 0.6 is 0 Å². The van der Waals surface area contributed by atoms with Crippen LogP contribution in [0.1, 0.15) is 17.3 Å². The molecule has 94 valence electrons. The summed E-state index contributed by atoms with van der Waals surface area (Å²) >= 11 is 0. The number of hydrogen-bond acceptors (Lipinski definition) is 3. The first-order chi connectivity index (χ1) is 8.69. The molecule has 0 saturated heterocycles. The van der Waals surface area contributed by atoms with Crippen LogP contribution in [0, 0.1) is 5.82 Å². The molecule has 2 rings (SSSR count). The Morgan fingerprint density at radius 1 is 1.50 bits per heavy atom. The van der Waals surface area contributed by atoms with Gasteiger partial charge < -0.3 is 4.74 Å². The highest BCUT2D eigenvalue weighted by Gasteiger charge is 2.12. The number of halogens is 1. The molecule has 18 heavy (non-hydrogen) atoms. The molecule has 0 spiro atoms. The number of benzene rings is 1. The van der Waals surface area contributed by atoms with Crippen LogP contribution in [-0.4, -0.2) is 23.2 Å². The molecule has 0 aliphatic rings. The predicted molar refractivity (Wildman–Crippen MR) is 65.2 cm³/mol. The standard InChI is InChI=1S/C13H13FN2O2/c1-3-16-7-10(8-17)13(15-16)9-4-5-12(18-2)11(14)6-9/h4-8H,3H2,1-2H3.